The van der Waals surface area contributed by atoms with Crippen LogP contribution in [0.5, 0.6) is 0 Å². The zero-order chi connectivity index (χ0) is 23.5. The normalized spacial score (nSPS) is 25.5. The predicted octanol–water partition coefficient (Wildman–Crippen LogP) is 4.02. The molecular formula is C25H36ClN3O4. The van der Waals surface area contributed by atoms with Crippen LogP contribution in [-0.2, 0) is 6.54 Å². The van der Waals surface area contributed by atoms with Crippen molar-refractivity contribution >= 4 is 23.6 Å². The summed E-state index contributed by atoms with van der Waals surface area (Å²) in [7, 11) is 0. The van der Waals surface area contributed by atoms with Crippen molar-refractivity contribution in [2.45, 2.75) is 69.9 Å². The van der Waals surface area contributed by atoms with Crippen LogP contribution in [0.3, 0.4) is 0 Å². The minimum Gasteiger partial charge on any atom is -0.465 e. The molecule has 0 unspecified atom stereocenters. The van der Waals surface area contributed by atoms with E-state index in [1.807, 2.05) is 17.0 Å². The number of aliphatic hydroxyl groups excluding tert-OH is 1. The summed E-state index contributed by atoms with van der Waals surface area (Å²) in [5, 5.41) is 24.8. The lowest BCUT2D eigenvalue weighted by molar-refractivity contribution is 0.0681. The Hall–Kier alpha value is -1.83. The number of benzene rings is 1. The molecule has 2 amide bonds. The van der Waals surface area contributed by atoms with E-state index in [9.17, 15) is 14.7 Å². The minimum absolute atomic E-state index is 0.0207. The Balaban J connectivity index is 1.40. The molecule has 0 aromatic heterocycles. The van der Waals surface area contributed by atoms with Gasteiger partial charge in [0.05, 0.1) is 22.7 Å². The van der Waals surface area contributed by atoms with E-state index in [0.717, 1.165) is 24.3 Å². The van der Waals surface area contributed by atoms with Crippen LogP contribution in [0.1, 0.15) is 73.7 Å². The van der Waals surface area contributed by atoms with Crippen LogP contribution in [0, 0.1) is 11.3 Å². The number of nitrogens with one attached hydrogen (secondary N) is 2. The molecule has 0 saturated heterocycles. The maximum atomic E-state index is 13.1. The van der Waals surface area contributed by atoms with Crippen molar-refractivity contribution in [3.63, 3.8) is 0 Å². The van der Waals surface area contributed by atoms with E-state index < -0.39 is 11.6 Å². The fraction of sp³-hybridized carbons (Fsp3) is 0.680. The molecular weight excluding hydrogens is 442 g/mol. The van der Waals surface area contributed by atoms with E-state index in [1.54, 1.807) is 6.07 Å². The largest absolute Gasteiger partial charge is 0.465 e. The van der Waals surface area contributed by atoms with Crippen molar-refractivity contribution in [1.29, 1.82) is 0 Å². The lowest BCUT2D eigenvalue weighted by Crippen LogP contribution is -2.45. The second-order valence-corrected chi connectivity index (χ2v) is 10.9. The first-order valence-corrected chi connectivity index (χ1v) is 12.6. The van der Waals surface area contributed by atoms with Gasteiger partial charge in [0.1, 0.15) is 0 Å². The quantitative estimate of drug-likeness (QED) is 0.407. The number of hydrogen-bond acceptors (Lipinski definition) is 4. The van der Waals surface area contributed by atoms with E-state index in [-0.39, 0.29) is 17.9 Å². The van der Waals surface area contributed by atoms with Crippen LogP contribution < -0.4 is 10.6 Å². The molecule has 4 rings (SSSR count). The average molecular weight is 478 g/mol. The number of carboxylic acid groups (broad SMARTS) is 1. The molecule has 1 aromatic carbocycles. The molecule has 3 fully saturated rings. The Labute approximate surface area is 200 Å². The second-order valence-electron chi connectivity index (χ2n) is 10.5. The van der Waals surface area contributed by atoms with Crippen molar-refractivity contribution in [1.82, 2.24) is 15.5 Å². The van der Waals surface area contributed by atoms with Gasteiger partial charge in [0.2, 0.25) is 0 Å². The number of fused-ring (bicyclic) bond motifs is 2. The Bertz CT molecular complexity index is 863. The molecule has 4 N–H and O–H groups in total. The molecule has 7 nitrogen and oxygen atoms in total. The topological polar surface area (TPSA) is 102 Å². The lowest BCUT2D eigenvalue weighted by atomic mass is 9.62. The lowest BCUT2D eigenvalue weighted by Gasteiger charge is -2.45. The monoisotopic (exact) mass is 477 g/mol. The van der Waals surface area contributed by atoms with Crippen molar-refractivity contribution in [2.75, 3.05) is 26.2 Å². The second kappa shape index (κ2) is 10.2. The van der Waals surface area contributed by atoms with Crippen LogP contribution in [0.15, 0.2) is 18.2 Å². The third kappa shape index (κ3) is 6.19. The highest BCUT2D eigenvalue weighted by molar-refractivity contribution is 6.33. The zero-order valence-electron chi connectivity index (χ0n) is 19.2. The van der Waals surface area contributed by atoms with E-state index in [1.165, 1.54) is 44.9 Å². The Morgan fingerprint density at radius 1 is 1.15 bits per heavy atom. The van der Waals surface area contributed by atoms with Gasteiger partial charge in [-0.1, -0.05) is 43.4 Å². The summed E-state index contributed by atoms with van der Waals surface area (Å²) >= 11 is 6.40. The molecule has 0 radical (unpaired) electrons. The summed E-state index contributed by atoms with van der Waals surface area (Å²) in [4.78, 5) is 26.2. The summed E-state index contributed by atoms with van der Waals surface area (Å²) in [6, 6.07) is 5.47. The van der Waals surface area contributed by atoms with Gasteiger partial charge in [-0.2, -0.15) is 0 Å². The highest BCUT2D eigenvalue weighted by Crippen LogP contribution is 2.48. The van der Waals surface area contributed by atoms with Crippen LogP contribution >= 0.6 is 11.6 Å². The molecule has 0 atom stereocenters. The molecule has 182 valence electrons. The standard InChI is InChI=1S/C25H36ClN3O4/c26-21-6-5-19(15-29(11-12-30)17-25(9-10-25)28-23(32)33)13-20(21)22(31)27-16-24-7-1-3-18(14-24)4-2-8-24/h5-6,13,18,28,30H,1-4,7-12,14-17H2,(H,27,31)(H,32,33). The first-order chi connectivity index (χ1) is 15.8. The van der Waals surface area contributed by atoms with Gasteiger partial charge in [0.25, 0.3) is 5.91 Å². The SMILES string of the molecule is O=C(O)NC1(CN(CCO)Cc2ccc(Cl)c(C(=O)NCC34CCCC(CCC3)C4)c2)CC1. The summed E-state index contributed by atoms with van der Waals surface area (Å²) in [6.45, 7) is 2.15. The van der Waals surface area contributed by atoms with Gasteiger partial charge in [-0.15, -0.1) is 0 Å². The molecule has 3 aliphatic carbocycles. The van der Waals surface area contributed by atoms with Gasteiger partial charge in [0, 0.05) is 26.2 Å². The number of carbonyl (C=O) groups excluding carboxylic acids is 1. The van der Waals surface area contributed by atoms with Crippen molar-refractivity contribution in [3.05, 3.63) is 34.3 Å². The molecule has 1 aromatic rings. The number of aliphatic hydroxyl groups is 1. The number of rotatable bonds is 10. The van der Waals surface area contributed by atoms with Gasteiger partial charge in [-0.3, -0.25) is 9.69 Å². The highest BCUT2D eigenvalue weighted by Gasteiger charge is 2.45. The average Bonchev–Trinajstić information content (AvgIpc) is 3.51. The van der Waals surface area contributed by atoms with Gasteiger partial charge >= 0.3 is 6.09 Å². The van der Waals surface area contributed by atoms with Gasteiger partial charge in [-0.05, 0) is 61.1 Å². The number of hydrogen-bond donors (Lipinski definition) is 4. The summed E-state index contributed by atoms with van der Waals surface area (Å²) < 4.78 is 0. The molecule has 0 aliphatic heterocycles. The number of carbonyl (C=O) groups is 2. The Morgan fingerprint density at radius 2 is 1.88 bits per heavy atom. The molecule has 2 bridgehead atoms. The number of halogens is 1. The minimum atomic E-state index is -1.02. The molecule has 3 saturated carbocycles. The first-order valence-electron chi connectivity index (χ1n) is 12.2. The van der Waals surface area contributed by atoms with Crippen molar-refractivity contribution in [2.24, 2.45) is 11.3 Å². The summed E-state index contributed by atoms with van der Waals surface area (Å²) in [5.74, 6) is 0.683. The number of nitrogens with zero attached hydrogens (tertiary/aromatic N) is 1. The summed E-state index contributed by atoms with van der Waals surface area (Å²) in [6.07, 6.45) is 9.35. The predicted molar refractivity (Wildman–Crippen MR) is 128 cm³/mol. The molecule has 3 aliphatic rings. The third-order valence-electron chi connectivity index (χ3n) is 7.83. The van der Waals surface area contributed by atoms with Gasteiger partial charge < -0.3 is 20.8 Å². The highest BCUT2D eigenvalue weighted by atomic mass is 35.5. The number of amides is 2. The van der Waals surface area contributed by atoms with E-state index >= 15 is 0 Å². The van der Waals surface area contributed by atoms with Crippen LogP contribution in [0.2, 0.25) is 5.02 Å². The van der Waals surface area contributed by atoms with Crippen LogP contribution in [0.25, 0.3) is 0 Å². The van der Waals surface area contributed by atoms with Crippen LogP contribution in [0.4, 0.5) is 4.79 Å². The Morgan fingerprint density at radius 3 is 2.52 bits per heavy atom. The van der Waals surface area contributed by atoms with Crippen molar-refractivity contribution in [3.8, 4) is 0 Å². The van der Waals surface area contributed by atoms with Gasteiger partial charge in [0.15, 0.2) is 0 Å². The van der Waals surface area contributed by atoms with Crippen molar-refractivity contribution < 1.29 is 19.8 Å². The third-order valence-corrected chi connectivity index (χ3v) is 8.16. The molecule has 0 heterocycles. The molecule has 8 heteroatoms. The first kappa shape index (κ1) is 24.3. The summed E-state index contributed by atoms with van der Waals surface area (Å²) in [5.41, 5.74) is 1.19. The maximum Gasteiger partial charge on any atom is 0.405 e. The fourth-order valence-corrected chi connectivity index (χ4v) is 6.22. The van der Waals surface area contributed by atoms with Gasteiger partial charge in [-0.25, -0.2) is 4.79 Å². The van der Waals surface area contributed by atoms with E-state index in [0.29, 0.717) is 36.8 Å². The van der Waals surface area contributed by atoms with E-state index in [4.69, 9.17) is 16.7 Å². The molecule has 0 spiro atoms. The zero-order valence-corrected chi connectivity index (χ0v) is 20.0. The smallest absolute Gasteiger partial charge is 0.405 e. The fourth-order valence-electron chi connectivity index (χ4n) is 6.02. The van der Waals surface area contributed by atoms with E-state index in [2.05, 4.69) is 10.6 Å². The van der Waals surface area contributed by atoms with Crippen LogP contribution in [-0.4, -0.2) is 58.9 Å². The maximum absolute atomic E-state index is 13.1. The molecule has 33 heavy (non-hydrogen) atoms. The Kier molecular flexibility index (Phi) is 7.51.